The van der Waals surface area contributed by atoms with E-state index in [1.807, 2.05) is 44.2 Å². The molecule has 2 rings (SSSR count). The van der Waals surface area contributed by atoms with Gasteiger partial charge in [0.25, 0.3) is 0 Å². The monoisotopic (exact) mass is 273 g/mol. The summed E-state index contributed by atoms with van der Waals surface area (Å²) in [7, 11) is 0. The Morgan fingerprint density at radius 2 is 1.90 bits per heavy atom. The molecule has 0 spiro atoms. The highest BCUT2D eigenvalue weighted by Gasteiger charge is 2.25. The van der Waals surface area contributed by atoms with E-state index in [0.717, 1.165) is 5.56 Å². The lowest BCUT2D eigenvalue weighted by molar-refractivity contribution is 0.0692. The van der Waals surface area contributed by atoms with Crippen LogP contribution in [-0.4, -0.2) is 16.2 Å². The topological polar surface area (TPSA) is 63.3 Å². The van der Waals surface area contributed by atoms with E-state index in [9.17, 15) is 9.90 Å². The maximum absolute atomic E-state index is 11.4. The van der Waals surface area contributed by atoms with Crippen LogP contribution in [-0.2, 0) is 6.42 Å². The standard InChI is InChI=1S/C16H19NO3/c1-10(2)15-14(16(18)19)13(17-20-15)9-11(3)12-7-5-4-6-8-12/h4-8,10-11H,9H2,1-3H3,(H,18,19). The molecule has 0 saturated heterocycles. The van der Waals surface area contributed by atoms with Crippen LogP contribution in [0.25, 0.3) is 0 Å². The smallest absolute Gasteiger partial charge is 0.341 e. The SMILES string of the molecule is CC(C)c1onc(CC(C)c2ccccc2)c1C(=O)O. The first-order chi connectivity index (χ1) is 9.50. The molecule has 1 unspecified atom stereocenters. The number of carboxylic acids is 1. The summed E-state index contributed by atoms with van der Waals surface area (Å²) in [4.78, 5) is 11.4. The van der Waals surface area contributed by atoms with E-state index >= 15 is 0 Å². The van der Waals surface area contributed by atoms with Crippen LogP contribution in [0, 0.1) is 0 Å². The van der Waals surface area contributed by atoms with Crippen molar-refractivity contribution in [2.24, 2.45) is 0 Å². The van der Waals surface area contributed by atoms with Gasteiger partial charge in [-0.3, -0.25) is 0 Å². The lowest BCUT2D eigenvalue weighted by Gasteiger charge is -2.10. The molecule has 0 aliphatic carbocycles. The third kappa shape index (κ3) is 2.90. The van der Waals surface area contributed by atoms with Crippen LogP contribution in [0.1, 0.15) is 60.0 Å². The lowest BCUT2D eigenvalue weighted by Crippen LogP contribution is -2.07. The molecule has 106 valence electrons. The molecule has 0 bridgehead atoms. The lowest BCUT2D eigenvalue weighted by atomic mass is 9.93. The molecule has 1 atom stereocenters. The van der Waals surface area contributed by atoms with Gasteiger partial charge in [0.1, 0.15) is 5.56 Å². The Bertz CT molecular complexity index is 587. The molecule has 0 fully saturated rings. The molecule has 1 heterocycles. The van der Waals surface area contributed by atoms with Crippen LogP contribution in [0.3, 0.4) is 0 Å². The van der Waals surface area contributed by atoms with Crippen LogP contribution >= 0.6 is 0 Å². The second-order valence-corrected chi connectivity index (χ2v) is 5.34. The maximum atomic E-state index is 11.4. The summed E-state index contributed by atoms with van der Waals surface area (Å²) in [6.07, 6.45) is 0.557. The molecule has 1 aromatic carbocycles. The van der Waals surface area contributed by atoms with Gasteiger partial charge in [0.2, 0.25) is 0 Å². The summed E-state index contributed by atoms with van der Waals surface area (Å²) >= 11 is 0. The second kappa shape index (κ2) is 5.90. The van der Waals surface area contributed by atoms with Crippen molar-refractivity contribution in [1.29, 1.82) is 0 Å². The van der Waals surface area contributed by atoms with E-state index in [-0.39, 0.29) is 17.4 Å². The number of rotatable bonds is 5. The third-order valence-corrected chi connectivity index (χ3v) is 3.40. The molecular formula is C16H19NO3. The minimum atomic E-state index is -0.967. The summed E-state index contributed by atoms with van der Waals surface area (Å²) in [5.41, 5.74) is 1.92. The summed E-state index contributed by atoms with van der Waals surface area (Å²) < 4.78 is 5.22. The van der Waals surface area contributed by atoms with E-state index in [4.69, 9.17) is 4.52 Å². The number of carbonyl (C=O) groups is 1. The van der Waals surface area contributed by atoms with Gasteiger partial charge in [0.05, 0.1) is 5.69 Å². The first-order valence-corrected chi connectivity index (χ1v) is 6.77. The van der Waals surface area contributed by atoms with Gasteiger partial charge in [0.15, 0.2) is 5.76 Å². The van der Waals surface area contributed by atoms with E-state index in [1.54, 1.807) is 0 Å². The van der Waals surface area contributed by atoms with Crippen LogP contribution in [0.15, 0.2) is 34.9 Å². The van der Waals surface area contributed by atoms with E-state index in [2.05, 4.69) is 12.1 Å². The van der Waals surface area contributed by atoms with Crippen molar-refractivity contribution in [3.05, 3.63) is 52.9 Å². The van der Waals surface area contributed by atoms with Gasteiger partial charge < -0.3 is 9.63 Å². The molecule has 1 aromatic heterocycles. The summed E-state index contributed by atoms with van der Waals surface area (Å²) in [5.74, 6) is -0.313. The first kappa shape index (κ1) is 14.3. The number of hydrogen-bond acceptors (Lipinski definition) is 3. The molecule has 0 aliphatic rings. The Morgan fingerprint density at radius 3 is 2.45 bits per heavy atom. The highest BCUT2D eigenvalue weighted by Crippen LogP contribution is 2.27. The third-order valence-electron chi connectivity index (χ3n) is 3.40. The van der Waals surface area contributed by atoms with Crippen molar-refractivity contribution in [1.82, 2.24) is 5.16 Å². The number of carboxylic acid groups (broad SMARTS) is 1. The Kier molecular flexibility index (Phi) is 4.23. The molecule has 0 radical (unpaired) electrons. The molecule has 2 aromatic rings. The van der Waals surface area contributed by atoms with Crippen LogP contribution in [0.2, 0.25) is 0 Å². The summed E-state index contributed by atoms with van der Waals surface area (Å²) in [5, 5.41) is 13.3. The van der Waals surface area contributed by atoms with Crippen LogP contribution in [0.4, 0.5) is 0 Å². The zero-order valence-electron chi connectivity index (χ0n) is 12.0. The molecule has 20 heavy (non-hydrogen) atoms. The van der Waals surface area contributed by atoms with Gasteiger partial charge in [-0.15, -0.1) is 0 Å². The molecule has 0 saturated carbocycles. The van der Waals surface area contributed by atoms with E-state index in [1.165, 1.54) is 0 Å². The highest BCUT2D eigenvalue weighted by atomic mass is 16.5. The quantitative estimate of drug-likeness (QED) is 0.898. The van der Waals surface area contributed by atoms with Crippen molar-refractivity contribution >= 4 is 5.97 Å². The van der Waals surface area contributed by atoms with Gasteiger partial charge in [-0.2, -0.15) is 0 Å². The minimum Gasteiger partial charge on any atom is -0.477 e. The van der Waals surface area contributed by atoms with Gasteiger partial charge in [0, 0.05) is 12.3 Å². The Labute approximate surface area is 118 Å². The fourth-order valence-electron chi connectivity index (χ4n) is 2.29. The molecule has 1 N–H and O–H groups in total. The number of nitrogens with zero attached hydrogens (tertiary/aromatic N) is 1. The van der Waals surface area contributed by atoms with Gasteiger partial charge in [-0.1, -0.05) is 56.3 Å². The van der Waals surface area contributed by atoms with Crippen LogP contribution in [0.5, 0.6) is 0 Å². The predicted molar refractivity (Wildman–Crippen MR) is 76.1 cm³/mol. The molecule has 4 nitrogen and oxygen atoms in total. The minimum absolute atomic E-state index is 0.00869. The fraction of sp³-hybridized carbons (Fsp3) is 0.375. The molecule has 4 heteroatoms. The highest BCUT2D eigenvalue weighted by molar-refractivity contribution is 5.90. The van der Waals surface area contributed by atoms with E-state index < -0.39 is 5.97 Å². The summed E-state index contributed by atoms with van der Waals surface area (Å²) in [6.45, 7) is 5.86. The van der Waals surface area contributed by atoms with Crippen molar-refractivity contribution in [3.63, 3.8) is 0 Å². The first-order valence-electron chi connectivity index (χ1n) is 6.77. The Balaban J connectivity index is 2.28. The van der Waals surface area contributed by atoms with E-state index in [0.29, 0.717) is 17.9 Å². The normalized spacial score (nSPS) is 12.6. The van der Waals surface area contributed by atoms with Crippen molar-refractivity contribution in [3.8, 4) is 0 Å². The predicted octanol–water partition coefficient (Wildman–Crippen LogP) is 3.84. The Hall–Kier alpha value is -2.10. The molecule has 0 amide bonds. The zero-order chi connectivity index (χ0) is 14.7. The zero-order valence-corrected chi connectivity index (χ0v) is 12.0. The van der Waals surface area contributed by atoms with Crippen molar-refractivity contribution in [2.75, 3.05) is 0 Å². The number of benzene rings is 1. The van der Waals surface area contributed by atoms with Gasteiger partial charge in [-0.25, -0.2) is 4.79 Å². The van der Waals surface area contributed by atoms with Crippen molar-refractivity contribution in [2.45, 2.75) is 39.0 Å². The van der Waals surface area contributed by atoms with Crippen LogP contribution < -0.4 is 0 Å². The number of hydrogen-bond donors (Lipinski definition) is 1. The number of aromatic carboxylic acids is 1. The van der Waals surface area contributed by atoms with Crippen molar-refractivity contribution < 1.29 is 14.4 Å². The average Bonchev–Trinajstić information content (AvgIpc) is 2.83. The fourth-order valence-corrected chi connectivity index (χ4v) is 2.29. The molecular weight excluding hydrogens is 254 g/mol. The number of aromatic nitrogens is 1. The largest absolute Gasteiger partial charge is 0.477 e. The second-order valence-electron chi connectivity index (χ2n) is 5.34. The van der Waals surface area contributed by atoms with Gasteiger partial charge >= 0.3 is 5.97 Å². The Morgan fingerprint density at radius 1 is 1.25 bits per heavy atom. The summed E-state index contributed by atoms with van der Waals surface area (Å²) in [6, 6.07) is 9.99. The molecule has 0 aliphatic heterocycles. The maximum Gasteiger partial charge on any atom is 0.341 e. The average molecular weight is 273 g/mol. The van der Waals surface area contributed by atoms with Gasteiger partial charge in [-0.05, 0) is 11.5 Å².